The zero-order chi connectivity index (χ0) is 17.4. The van der Waals surface area contributed by atoms with Gasteiger partial charge in [-0.3, -0.25) is 4.90 Å². The van der Waals surface area contributed by atoms with Gasteiger partial charge in [-0.05, 0) is 30.3 Å². The van der Waals surface area contributed by atoms with Gasteiger partial charge in [0, 0.05) is 13.1 Å². The van der Waals surface area contributed by atoms with E-state index in [1.54, 1.807) is 24.3 Å². The summed E-state index contributed by atoms with van der Waals surface area (Å²) < 4.78 is 5.53. The Kier molecular flexibility index (Phi) is 6.93. The van der Waals surface area contributed by atoms with Crippen molar-refractivity contribution in [3.63, 3.8) is 0 Å². The molecular weight excluding hydrogens is 306 g/mol. The molecule has 0 bridgehead atoms. The van der Waals surface area contributed by atoms with Crippen molar-refractivity contribution in [3.8, 4) is 0 Å². The smallest absolute Gasteiger partial charge is 0.335 e. The molecule has 5 nitrogen and oxygen atoms in total. The van der Waals surface area contributed by atoms with E-state index in [4.69, 9.17) is 9.84 Å². The van der Waals surface area contributed by atoms with Crippen molar-refractivity contribution in [2.45, 2.75) is 19.3 Å². The van der Waals surface area contributed by atoms with Crippen LogP contribution in [0.1, 0.15) is 21.5 Å². The Balaban J connectivity index is 1.71. The molecule has 2 aromatic carbocycles. The van der Waals surface area contributed by atoms with E-state index >= 15 is 0 Å². The maximum absolute atomic E-state index is 10.8. The first kappa shape index (κ1) is 18.1. The van der Waals surface area contributed by atoms with Crippen LogP contribution in [0, 0.1) is 0 Å². The highest BCUT2D eigenvalue weighted by Crippen LogP contribution is 2.08. The molecule has 0 amide bonds. The van der Waals surface area contributed by atoms with Crippen molar-refractivity contribution in [2.75, 3.05) is 20.2 Å². The van der Waals surface area contributed by atoms with Crippen LogP contribution in [-0.4, -0.2) is 47.4 Å². The fourth-order valence-corrected chi connectivity index (χ4v) is 2.43. The Bertz CT molecular complexity index is 628. The summed E-state index contributed by atoms with van der Waals surface area (Å²) in [7, 11) is 1.91. The maximum Gasteiger partial charge on any atom is 0.335 e. The third kappa shape index (κ3) is 6.12. The average Bonchev–Trinajstić information content (AvgIpc) is 2.56. The van der Waals surface area contributed by atoms with E-state index in [1.165, 1.54) is 0 Å². The fourth-order valence-electron chi connectivity index (χ4n) is 2.43. The topological polar surface area (TPSA) is 70.0 Å². The molecule has 2 aromatic rings. The van der Waals surface area contributed by atoms with Crippen LogP contribution in [0.15, 0.2) is 54.6 Å². The van der Waals surface area contributed by atoms with Crippen LogP contribution < -0.4 is 0 Å². The van der Waals surface area contributed by atoms with Crippen molar-refractivity contribution < 1.29 is 19.7 Å². The highest BCUT2D eigenvalue weighted by molar-refractivity contribution is 5.87. The first-order valence-corrected chi connectivity index (χ1v) is 7.85. The molecule has 0 fully saturated rings. The zero-order valence-corrected chi connectivity index (χ0v) is 13.8. The summed E-state index contributed by atoms with van der Waals surface area (Å²) in [5.41, 5.74) is 2.35. The maximum atomic E-state index is 10.8. The predicted molar refractivity (Wildman–Crippen MR) is 91.8 cm³/mol. The van der Waals surface area contributed by atoms with Crippen molar-refractivity contribution in [1.82, 2.24) is 4.90 Å². The van der Waals surface area contributed by atoms with Gasteiger partial charge in [0.1, 0.15) is 0 Å². The molecule has 0 radical (unpaired) electrons. The molecule has 2 N–H and O–H groups in total. The van der Waals surface area contributed by atoms with Crippen LogP contribution in [0.3, 0.4) is 0 Å². The van der Waals surface area contributed by atoms with Gasteiger partial charge in [-0.25, -0.2) is 4.79 Å². The van der Waals surface area contributed by atoms with E-state index in [0.29, 0.717) is 19.7 Å². The number of carboxylic acids is 1. The van der Waals surface area contributed by atoms with E-state index < -0.39 is 12.1 Å². The Morgan fingerprint density at radius 3 is 2.38 bits per heavy atom. The van der Waals surface area contributed by atoms with E-state index in [2.05, 4.69) is 0 Å². The van der Waals surface area contributed by atoms with Crippen LogP contribution in [0.25, 0.3) is 0 Å². The van der Waals surface area contributed by atoms with Gasteiger partial charge in [-0.2, -0.15) is 0 Å². The Morgan fingerprint density at radius 2 is 1.75 bits per heavy atom. The minimum Gasteiger partial charge on any atom is -0.478 e. The molecule has 2 rings (SSSR count). The molecule has 0 heterocycles. The SMILES string of the molecule is CN(Cc1ccc(C(=O)O)cc1)CC(O)COCc1ccccc1. The molecule has 0 aliphatic carbocycles. The predicted octanol–water partition coefficient (Wildman–Crippen LogP) is 2.39. The normalized spacial score (nSPS) is 12.3. The lowest BCUT2D eigenvalue weighted by Gasteiger charge is -2.20. The van der Waals surface area contributed by atoms with Gasteiger partial charge >= 0.3 is 5.97 Å². The van der Waals surface area contributed by atoms with Crippen LogP contribution in [0.2, 0.25) is 0 Å². The number of carboxylic acid groups (broad SMARTS) is 1. The molecule has 0 aliphatic heterocycles. The second-order valence-corrected chi connectivity index (χ2v) is 5.85. The molecule has 0 spiro atoms. The average molecular weight is 329 g/mol. The number of rotatable bonds is 9. The van der Waals surface area contributed by atoms with Crippen molar-refractivity contribution in [1.29, 1.82) is 0 Å². The molecule has 0 saturated carbocycles. The summed E-state index contributed by atoms with van der Waals surface area (Å²) in [4.78, 5) is 12.8. The third-order valence-electron chi connectivity index (χ3n) is 3.60. The van der Waals surface area contributed by atoms with Gasteiger partial charge in [0.25, 0.3) is 0 Å². The van der Waals surface area contributed by atoms with Gasteiger partial charge in [0.15, 0.2) is 0 Å². The summed E-state index contributed by atoms with van der Waals surface area (Å²) in [6.07, 6.45) is -0.572. The van der Waals surface area contributed by atoms with Gasteiger partial charge < -0.3 is 14.9 Å². The third-order valence-corrected chi connectivity index (χ3v) is 3.60. The monoisotopic (exact) mass is 329 g/mol. The Morgan fingerprint density at radius 1 is 1.08 bits per heavy atom. The second kappa shape index (κ2) is 9.17. The van der Waals surface area contributed by atoms with Crippen molar-refractivity contribution in [3.05, 3.63) is 71.3 Å². The van der Waals surface area contributed by atoms with Gasteiger partial charge in [-0.15, -0.1) is 0 Å². The van der Waals surface area contributed by atoms with Crippen LogP contribution >= 0.6 is 0 Å². The molecule has 0 aliphatic rings. The van der Waals surface area contributed by atoms with Crippen molar-refractivity contribution in [2.24, 2.45) is 0 Å². The highest BCUT2D eigenvalue weighted by Gasteiger charge is 2.10. The summed E-state index contributed by atoms with van der Waals surface area (Å²) in [6, 6.07) is 16.6. The molecule has 1 unspecified atom stereocenters. The lowest BCUT2D eigenvalue weighted by atomic mass is 10.1. The quantitative estimate of drug-likeness (QED) is 0.739. The minimum atomic E-state index is -0.930. The number of hydrogen-bond donors (Lipinski definition) is 2. The number of ether oxygens (including phenoxy) is 1. The van der Waals surface area contributed by atoms with Crippen LogP contribution in [0.4, 0.5) is 0 Å². The zero-order valence-electron chi connectivity index (χ0n) is 13.8. The van der Waals surface area contributed by atoms with Gasteiger partial charge in [-0.1, -0.05) is 42.5 Å². The number of carbonyl (C=O) groups is 1. The summed E-state index contributed by atoms with van der Waals surface area (Å²) in [5.74, 6) is -0.930. The number of likely N-dealkylation sites (N-methyl/N-ethyl adjacent to an activating group) is 1. The number of nitrogens with zero attached hydrogens (tertiary/aromatic N) is 1. The number of aliphatic hydroxyl groups excluding tert-OH is 1. The number of benzene rings is 2. The molecule has 128 valence electrons. The summed E-state index contributed by atoms with van der Waals surface area (Å²) in [5, 5.41) is 18.9. The lowest BCUT2D eigenvalue weighted by molar-refractivity contribution is 0.0127. The van der Waals surface area contributed by atoms with E-state index in [1.807, 2.05) is 42.3 Å². The summed E-state index contributed by atoms with van der Waals surface area (Å²) >= 11 is 0. The van der Waals surface area contributed by atoms with Crippen LogP contribution in [-0.2, 0) is 17.9 Å². The van der Waals surface area contributed by atoms with Gasteiger partial charge in [0.2, 0.25) is 0 Å². The summed E-state index contributed by atoms with van der Waals surface area (Å²) in [6.45, 7) is 1.88. The fraction of sp³-hybridized carbons (Fsp3) is 0.316. The minimum absolute atomic E-state index is 0.274. The lowest BCUT2D eigenvalue weighted by Crippen LogP contribution is -2.31. The molecule has 0 aromatic heterocycles. The first-order chi connectivity index (χ1) is 11.5. The standard InChI is InChI=1S/C19H23NO4/c1-20(11-15-7-9-17(10-8-15)19(22)23)12-18(21)14-24-13-16-5-3-2-4-6-16/h2-10,18,21H,11-14H2,1H3,(H,22,23). The molecule has 0 saturated heterocycles. The first-order valence-electron chi connectivity index (χ1n) is 7.85. The van der Waals surface area contributed by atoms with Crippen LogP contribution in [0.5, 0.6) is 0 Å². The molecule has 24 heavy (non-hydrogen) atoms. The second-order valence-electron chi connectivity index (χ2n) is 5.85. The largest absolute Gasteiger partial charge is 0.478 e. The van der Waals surface area contributed by atoms with Gasteiger partial charge in [0.05, 0.1) is 24.9 Å². The molecule has 5 heteroatoms. The Labute approximate surface area is 142 Å². The van der Waals surface area contributed by atoms with E-state index in [9.17, 15) is 9.90 Å². The number of aliphatic hydroxyl groups is 1. The molecular formula is C19H23NO4. The highest BCUT2D eigenvalue weighted by atomic mass is 16.5. The number of aromatic carboxylic acids is 1. The molecule has 1 atom stereocenters. The van der Waals surface area contributed by atoms with E-state index in [-0.39, 0.29) is 12.2 Å². The van der Waals surface area contributed by atoms with E-state index in [0.717, 1.165) is 11.1 Å². The number of hydrogen-bond acceptors (Lipinski definition) is 4. The van der Waals surface area contributed by atoms with Crippen molar-refractivity contribution >= 4 is 5.97 Å². The Hall–Kier alpha value is -2.21.